The van der Waals surface area contributed by atoms with Gasteiger partial charge in [-0.25, -0.2) is 4.79 Å². The minimum Gasteiger partial charge on any atom is -0.475 e. The SMILES string of the molecule is CCc1c(C(=O)O)oc2ccccc2c1=O. The highest BCUT2D eigenvalue weighted by Crippen LogP contribution is 2.15. The van der Waals surface area contributed by atoms with Gasteiger partial charge in [-0.2, -0.15) is 0 Å². The van der Waals surface area contributed by atoms with Gasteiger partial charge in [0.2, 0.25) is 5.76 Å². The van der Waals surface area contributed by atoms with E-state index in [0.717, 1.165) is 0 Å². The normalized spacial score (nSPS) is 10.6. The van der Waals surface area contributed by atoms with Crippen molar-refractivity contribution in [2.45, 2.75) is 13.3 Å². The largest absolute Gasteiger partial charge is 0.475 e. The number of carboxylic acids is 1. The van der Waals surface area contributed by atoms with E-state index in [0.29, 0.717) is 17.4 Å². The van der Waals surface area contributed by atoms with Gasteiger partial charge in [0.15, 0.2) is 5.43 Å². The molecular formula is C12H10O4. The molecule has 16 heavy (non-hydrogen) atoms. The van der Waals surface area contributed by atoms with E-state index in [1.807, 2.05) is 0 Å². The quantitative estimate of drug-likeness (QED) is 0.837. The molecule has 1 aromatic carbocycles. The van der Waals surface area contributed by atoms with E-state index >= 15 is 0 Å². The van der Waals surface area contributed by atoms with Gasteiger partial charge in [0.05, 0.1) is 10.9 Å². The average Bonchev–Trinajstić information content (AvgIpc) is 2.29. The molecule has 0 unspecified atom stereocenters. The molecule has 1 N–H and O–H groups in total. The van der Waals surface area contributed by atoms with Crippen molar-refractivity contribution in [3.63, 3.8) is 0 Å². The van der Waals surface area contributed by atoms with Gasteiger partial charge in [-0.3, -0.25) is 4.79 Å². The smallest absolute Gasteiger partial charge is 0.372 e. The third-order valence-corrected chi connectivity index (χ3v) is 2.44. The summed E-state index contributed by atoms with van der Waals surface area (Å²) in [6, 6.07) is 6.64. The summed E-state index contributed by atoms with van der Waals surface area (Å²) < 4.78 is 5.23. The van der Waals surface area contributed by atoms with Crippen molar-refractivity contribution in [3.8, 4) is 0 Å². The highest BCUT2D eigenvalue weighted by atomic mass is 16.4. The van der Waals surface area contributed by atoms with Crippen LogP contribution in [-0.2, 0) is 6.42 Å². The Morgan fingerprint density at radius 1 is 1.38 bits per heavy atom. The number of aromatic carboxylic acids is 1. The van der Waals surface area contributed by atoms with E-state index in [2.05, 4.69) is 0 Å². The molecule has 0 aliphatic rings. The molecule has 0 saturated heterocycles. The van der Waals surface area contributed by atoms with Crippen LogP contribution in [0.4, 0.5) is 0 Å². The van der Waals surface area contributed by atoms with Crippen molar-refractivity contribution in [2.24, 2.45) is 0 Å². The molecule has 0 aliphatic carbocycles. The molecule has 82 valence electrons. The number of fused-ring (bicyclic) bond motifs is 1. The van der Waals surface area contributed by atoms with Crippen LogP contribution in [0.25, 0.3) is 11.0 Å². The van der Waals surface area contributed by atoms with Gasteiger partial charge in [0, 0.05) is 0 Å². The van der Waals surface area contributed by atoms with E-state index in [9.17, 15) is 9.59 Å². The fourth-order valence-corrected chi connectivity index (χ4v) is 1.67. The first-order valence-electron chi connectivity index (χ1n) is 4.93. The van der Waals surface area contributed by atoms with E-state index in [1.165, 1.54) is 0 Å². The predicted octanol–water partition coefficient (Wildman–Crippen LogP) is 2.05. The molecule has 0 atom stereocenters. The molecule has 1 heterocycles. The van der Waals surface area contributed by atoms with Gasteiger partial charge in [0.1, 0.15) is 5.58 Å². The molecule has 0 spiro atoms. The highest BCUT2D eigenvalue weighted by molar-refractivity contribution is 5.89. The lowest BCUT2D eigenvalue weighted by Crippen LogP contribution is -2.15. The molecule has 0 fully saturated rings. The van der Waals surface area contributed by atoms with E-state index in [1.54, 1.807) is 31.2 Å². The fourth-order valence-electron chi connectivity index (χ4n) is 1.67. The van der Waals surface area contributed by atoms with Gasteiger partial charge in [-0.15, -0.1) is 0 Å². The van der Waals surface area contributed by atoms with Crippen LogP contribution in [0.15, 0.2) is 33.5 Å². The number of benzene rings is 1. The highest BCUT2D eigenvalue weighted by Gasteiger charge is 2.17. The zero-order valence-electron chi connectivity index (χ0n) is 8.69. The number of hydrogen-bond acceptors (Lipinski definition) is 3. The minimum atomic E-state index is -1.21. The average molecular weight is 218 g/mol. The number of carbonyl (C=O) groups is 1. The summed E-state index contributed by atoms with van der Waals surface area (Å²) >= 11 is 0. The van der Waals surface area contributed by atoms with Gasteiger partial charge >= 0.3 is 5.97 Å². The fraction of sp³-hybridized carbons (Fsp3) is 0.167. The molecule has 1 aromatic heterocycles. The topological polar surface area (TPSA) is 67.5 Å². The van der Waals surface area contributed by atoms with Crippen LogP contribution in [0.2, 0.25) is 0 Å². The Morgan fingerprint density at radius 2 is 2.06 bits per heavy atom. The van der Waals surface area contributed by atoms with Crippen LogP contribution in [0.1, 0.15) is 23.0 Å². The van der Waals surface area contributed by atoms with Crippen molar-refractivity contribution in [1.29, 1.82) is 0 Å². The van der Waals surface area contributed by atoms with E-state index in [4.69, 9.17) is 9.52 Å². The maximum atomic E-state index is 12.0. The Kier molecular flexibility index (Phi) is 2.48. The summed E-state index contributed by atoms with van der Waals surface area (Å²) in [7, 11) is 0. The predicted molar refractivity (Wildman–Crippen MR) is 58.8 cm³/mol. The van der Waals surface area contributed by atoms with Gasteiger partial charge in [-0.1, -0.05) is 19.1 Å². The second-order valence-electron chi connectivity index (χ2n) is 3.39. The van der Waals surface area contributed by atoms with Crippen LogP contribution in [0, 0.1) is 0 Å². The summed E-state index contributed by atoms with van der Waals surface area (Å²) in [6.45, 7) is 1.73. The van der Waals surface area contributed by atoms with Crippen molar-refractivity contribution in [2.75, 3.05) is 0 Å². The van der Waals surface area contributed by atoms with Crippen LogP contribution in [0.5, 0.6) is 0 Å². The number of carboxylic acid groups (broad SMARTS) is 1. The molecule has 4 nitrogen and oxygen atoms in total. The van der Waals surface area contributed by atoms with E-state index in [-0.39, 0.29) is 16.8 Å². The number of rotatable bonds is 2. The number of para-hydroxylation sites is 1. The minimum absolute atomic E-state index is 0.214. The van der Waals surface area contributed by atoms with Gasteiger partial charge < -0.3 is 9.52 Å². The lowest BCUT2D eigenvalue weighted by atomic mass is 10.1. The maximum Gasteiger partial charge on any atom is 0.372 e. The first-order chi connectivity index (χ1) is 7.65. The Balaban J connectivity index is 2.93. The van der Waals surface area contributed by atoms with Crippen LogP contribution in [-0.4, -0.2) is 11.1 Å². The Bertz CT molecular complexity index is 610. The second kappa shape index (κ2) is 3.81. The van der Waals surface area contributed by atoms with Gasteiger partial charge in [-0.05, 0) is 18.6 Å². The third-order valence-electron chi connectivity index (χ3n) is 2.44. The van der Waals surface area contributed by atoms with Crippen molar-refractivity contribution >= 4 is 16.9 Å². The van der Waals surface area contributed by atoms with Gasteiger partial charge in [0.25, 0.3) is 0 Å². The summed E-state index contributed by atoms with van der Waals surface area (Å²) in [5.41, 5.74) is 0.259. The van der Waals surface area contributed by atoms with E-state index < -0.39 is 5.97 Å². The summed E-state index contributed by atoms with van der Waals surface area (Å²) in [5, 5.41) is 9.37. The third kappa shape index (κ3) is 1.48. The maximum absolute atomic E-state index is 12.0. The molecule has 0 amide bonds. The van der Waals surface area contributed by atoms with Crippen LogP contribution in [0.3, 0.4) is 0 Å². The molecule has 0 aliphatic heterocycles. The molecule has 2 rings (SSSR count). The molecular weight excluding hydrogens is 208 g/mol. The summed E-state index contributed by atoms with van der Waals surface area (Å²) in [4.78, 5) is 22.9. The van der Waals surface area contributed by atoms with Crippen molar-refractivity contribution in [1.82, 2.24) is 0 Å². The molecule has 2 aromatic rings. The van der Waals surface area contributed by atoms with Crippen molar-refractivity contribution in [3.05, 3.63) is 45.8 Å². The first kappa shape index (κ1) is 10.4. The van der Waals surface area contributed by atoms with Crippen molar-refractivity contribution < 1.29 is 14.3 Å². The first-order valence-corrected chi connectivity index (χ1v) is 4.93. The Hall–Kier alpha value is -2.10. The standard InChI is InChI=1S/C12H10O4/c1-2-7-10(13)8-5-3-4-6-9(8)16-11(7)12(14)15/h3-6H,2H2,1H3,(H,14,15). The molecule has 0 bridgehead atoms. The van der Waals surface area contributed by atoms with Crippen LogP contribution >= 0.6 is 0 Å². The van der Waals surface area contributed by atoms with Crippen LogP contribution < -0.4 is 5.43 Å². The Morgan fingerprint density at radius 3 is 2.69 bits per heavy atom. The second-order valence-corrected chi connectivity index (χ2v) is 3.39. The molecule has 4 heteroatoms. The zero-order valence-corrected chi connectivity index (χ0v) is 8.69. The molecule has 0 saturated carbocycles. The summed E-state index contributed by atoms with van der Waals surface area (Å²) in [6.07, 6.45) is 0.342. The zero-order chi connectivity index (χ0) is 11.7. The Labute approximate surface area is 91.1 Å². The lowest BCUT2D eigenvalue weighted by molar-refractivity contribution is 0.0661. The lowest BCUT2D eigenvalue weighted by Gasteiger charge is -2.04. The summed E-state index contributed by atoms with van der Waals surface area (Å²) in [5.74, 6) is -1.47. The monoisotopic (exact) mass is 218 g/mol. The molecule has 0 radical (unpaired) electrons. The number of hydrogen-bond donors (Lipinski definition) is 1.